The normalized spacial score (nSPS) is 20.9. The van der Waals surface area contributed by atoms with Gasteiger partial charge in [-0.1, -0.05) is 18.9 Å². The predicted octanol–water partition coefficient (Wildman–Crippen LogP) is 1.65. The molecule has 120 valence electrons. The molecule has 23 heavy (non-hydrogen) atoms. The van der Waals surface area contributed by atoms with Crippen molar-refractivity contribution in [2.75, 3.05) is 0 Å². The SMILES string of the molecule is NC(=O)[C@@H]1CCCC[C@@H]1NC(=O)c1cccc(-n2cccn2)c1. The van der Waals surface area contributed by atoms with Crippen molar-refractivity contribution in [3.63, 3.8) is 0 Å². The lowest BCUT2D eigenvalue weighted by molar-refractivity contribution is -0.123. The standard InChI is InChI=1S/C17H20N4O2/c18-16(22)14-7-1-2-8-15(14)20-17(23)12-5-3-6-13(11-12)21-10-4-9-19-21/h3-6,9-11,14-15H,1-2,7-8H2,(H2,18,22)(H,20,23)/t14-,15+/m1/s1. The Bertz CT molecular complexity index is 696. The van der Waals surface area contributed by atoms with Crippen molar-refractivity contribution in [1.82, 2.24) is 15.1 Å². The summed E-state index contributed by atoms with van der Waals surface area (Å²) < 4.78 is 1.70. The first kappa shape index (κ1) is 15.3. The van der Waals surface area contributed by atoms with Crippen LogP contribution in [0.25, 0.3) is 5.69 Å². The van der Waals surface area contributed by atoms with E-state index in [-0.39, 0.29) is 23.8 Å². The van der Waals surface area contributed by atoms with Crippen LogP contribution in [0.2, 0.25) is 0 Å². The van der Waals surface area contributed by atoms with Crippen LogP contribution in [0.5, 0.6) is 0 Å². The van der Waals surface area contributed by atoms with Crippen LogP contribution in [-0.4, -0.2) is 27.6 Å². The summed E-state index contributed by atoms with van der Waals surface area (Å²) in [5.74, 6) is -0.792. The second-order valence-corrected chi connectivity index (χ2v) is 5.87. The van der Waals surface area contributed by atoms with E-state index in [1.807, 2.05) is 24.4 Å². The summed E-state index contributed by atoms with van der Waals surface area (Å²) in [6, 6.07) is 8.89. The van der Waals surface area contributed by atoms with Crippen molar-refractivity contribution in [2.24, 2.45) is 11.7 Å². The van der Waals surface area contributed by atoms with Gasteiger partial charge in [-0.2, -0.15) is 5.10 Å². The van der Waals surface area contributed by atoms with Crippen molar-refractivity contribution in [3.05, 3.63) is 48.3 Å². The summed E-state index contributed by atoms with van der Waals surface area (Å²) in [6.45, 7) is 0. The van der Waals surface area contributed by atoms with Crippen LogP contribution >= 0.6 is 0 Å². The number of hydrogen-bond acceptors (Lipinski definition) is 3. The van der Waals surface area contributed by atoms with Gasteiger partial charge in [0, 0.05) is 24.0 Å². The van der Waals surface area contributed by atoms with E-state index in [0.29, 0.717) is 5.56 Å². The maximum atomic E-state index is 12.5. The van der Waals surface area contributed by atoms with E-state index < -0.39 is 0 Å². The number of hydrogen-bond donors (Lipinski definition) is 2. The Kier molecular flexibility index (Phi) is 4.41. The van der Waals surface area contributed by atoms with E-state index in [9.17, 15) is 9.59 Å². The highest BCUT2D eigenvalue weighted by atomic mass is 16.2. The highest BCUT2D eigenvalue weighted by molar-refractivity contribution is 5.95. The van der Waals surface area contributed by atoms with Gasteiger partial charge in [-0.05, 0) is 37.1 Å². The molecular formula is C17H20N4O2. The Morgan fingerprint density at radius 2 is 2.04 bits per heavy atom. The van der Waals surface area contributed by atoms with Gasteiger partial charge in [-0.15, -0.1) is 0 Å². The molecule has 0 unspecified atom stereocenters. The zero-order chi connectivity index (χ0) is 16.2. The summed E-state index contributed by atoms with van der Waals surface area (Å²) in [5.41, 5.74) is 6.82. The molecule has 1 saturated carbocycles. The molecule has 0 saturated heterocycles. The third-order valence-corrected chi connectivity index (χ3v) is 4.33. The molecule has 1 fully saturated rings. The highest BCUT2D eigenvalue weighted by Crippen LogP contribution is 2.24. The number of primary amides is 1. The third-order valence-electron chi connectivity index (χ3n) is 4.33. The molecule has 2 atom stereocenters. The Morgan fingerprint density at radius 3 is 2.78 bits per heavy atom. The molecule has 1 heterocycles. The molecule has 6 nitrogen and oxygen atoms in total. The van der Waals surface area contributed by atoms with Crippen molar-refractivity contribution in [2.45, 2.75) is 31.7 Å². The second kappa shape index (κ2) is 6.64. The highest BCUT2D eigenvalue weighted by Gasteiger charge is 2.30. The fraction of sp³-hybridized carbons (Fsp3) is 0.353. The molecule has 0 aliphatic heterocycles. The van der Waals surface area contributed by atoms with E-state index in [4.69, 9.17) is 5.73 Å². The van der Waals surface area contributed by atoms with Crippen molar-refractivity contribution in [3.8, 4) is 5.69 Å². The van der Waals surface area contributed by atoms with Gasteiger partial charge in [-0.3, -0.25) is 9.59 Å². The van der Waals surface area contributed by atoms with Crippen molar-refractivity contribution in [1.29, 1.82) is 0 Å². The minimum atomic E-state index is -0.333. The van der Waals surface area contributed by atoms with Gasteiger partial charge in [0.15, 0.2) is 0 Å². The van der Waals surface area contributed by atoms with E-state index in [1.54, 1.807) is 23.0 Å². The van der Waals surface area contributed by atoms with E-state index in [2.05, 4.69) is 10.4 Å². The summed E-state index contributed by atoms with van der Waals surface area (Å²) in [5, 5.41) is 7.13. The molecule has 0 bridgehead atoms. The van der Waals surface area contributed by atoms with Crippen molar-refractivity contribution < 1.29 is 9.59 Å². The number of aromatic nitrogens is 2. The van der Waals surface area contributed by atoms with E-state index in [0.717, 1.165) is 31.4 Å². The fourth-order valence-electron chi connectivity index (χ4n) is 3.11. The van der Waals surface area contributed by atoms with Gasteiger partial charge in [-0.25, -0.2) is 4.68 Å². The smallest absolute Gasteiger partial charge is 0.251 e. The van der Waals surface area contributed by atoms with Crippen LogP contribution in [0.3, 0.4) is 0 Å². The minimum Gasteiger partial charge on any atom is -0.369 e. The molecule has 3 rings (SSSR count). The summed E-state index contributed by atoms with van der Waals surface area (Å²) in [7, 11) is 0. The van der Waals surface area contributed by atoms with Crippen LogP contribution in [0.15, 0.2) is 42.7 Å². The maximum absolute atomic E-state index is 12.5. The van der Waals surface area contributed by atoms with Crippen LogP contribution in [-0.2, 0) is 4.79 Å². The van der Waals surface area contributed by atoms with Gasteiger partial charge in [0.2, 0.25) is 5.91 Å². The largest absolute Gasteiger partial charge is 0.369 e. The summed E-state index contributed by atoms with van der Waals surface area (Å²) in [4.78, 5) is 24.1. The molecule has 6 heteroatoms. The Hall–Kier alpha value is -2.63. The van der Waals surface area contributed by atoms with E-state index >= 15 is 0 Å². The lowest BCUT2D eigenvalue weighted by Gasteiger charge is -2.30. The number of amides is 2. The fourth-order valence-corrected chi connectivity index (χ4v) is 3.11. The molecule has 1 aliphatic rings. The summed E-state index contributed by atoms with van der Waals surface area (Å²) in [6.07, 6.45) is 7.02. The number of benzene rings is 1. The molecular weight excluding hydrogens is 292 g/mol. The molecule has 0 radical (unpaired) electrons. The molecule has 1 aliphatic carbocycles. The Morgan fingerprint density at radius 1 is 1.22 bits per heavy atom. The van der Waals surface area contributed by atoms with E-state index in [1.165, 1.54) is 0 Å². The lowest BCUT2D eigenvalue weighted by Crippen LogP contribution is -2.47. The molecule has 0 spiro atoms. The third kappa shape index (κ3) is 3.41. The van der Waals surface area contributed by atoms with Crippen LogP contribution in [0.1, 0.15) is 36.0 Å². The lowest BCUT2D eigenvalue weighted by atomic mass is 9.84. The molecule has 2 aromatic rings. The van der Waals surface area contributed by atoms with Gasteiger partial charge in [0.1, 0.15) is 0 Å². The van der Waals surface area contributed by atoms with Gasteiger partial charge in [0.05, 0.1) is 11.6 Å². The van der Waals surface area contributed by atoms with Crippen LogP contribution in [0.4, 0.5) is 0 Å². The quantitative estimate of drug-likeness (QED) is 0.899. The zero-order valence-electron chi connectivity index (χ0n) is 12.8. The number of nitrogens with one attached hydrogen (secondary N) is 1. The average molecular weight is 312 g/mol. The maximum Gasteiger partial charge on any atom is 0.251 e. The number of nitrogens with zero attached hydrogens (tertiary/aromatic N) is 2. The first-order valence-corrected chi connectivity index (χ1v) is 7.85. The molecule has 3 N–H and O–H groups in total. The van der Waals surface area contributed by atoms with Crippen LogP contribution in [0, 0.1) is 5.92 Å². The monoisotopic (exact) mass is 312 g/mol. The number of carbonyl (C=O) groups is 2. The zero-order valence-corrected chi connectivity index (χ0v) is 12.8. The topological polar surface area (TPSA) is 90.0 Å². The molecule has 2 amide bonds. The first-order chi connectivity index (χ1) is 11.1. The first-order valence-electron chi connectivity index (χ1n) is 7.85. The van der Waals surface area contributed by atoms with Gasteiger partial charge < -0.3 is 11.1 Å². The van der Waals surface area contributed by atoms with Crippen LogP contribution < -0.4 is 11.1 Å². The average Bonchev–Trinajstić information content (AvgIpc) is 3.10. The molecule has 1 aromatic carbocycles. The number of carbonyl (C=O) groups excluding carboxylic acids is 2. The molecule has 1 aromatic heterocycles. The van der Waals surface area contributed by atoms with Gasteiger partial charge in [0.25, 0.3) is 5.91 Å². The predicted molar refractivity (Wildman–Crippen MR) is 86.0 cm³/mol. The Balaban J connectivity index is 1.75. The second-order valence-electron chi connectivity index (χ2n) is 5.87. The minimum absolute atomic E-state index is 0.179. The number of nitrogens with two attached hydrogens (primary N) is 1. The van der Waals surface area contributed by atoms with Gasteiger partial charge >= 0.3 is 0 Å². The summed E-state index contributed by atoms with van der Waals surface area (Å²) >= 11 is 0. The number of rotatable bonds is 4. The Labute approximate surface area is 134 Å². The van der Waals surface area contributed by atoms with Crippen molar-refractivity contribution >= 4 is 11.8 Å².